The number of nitrogens with two attached hydrogens (primary N) is 3. The van der Waals surface area contributed by atoms with Crippen LogP contribution in [0.3, 0.4) is 0 Å². The first kappa shape index (κ1) is 19.6. The van der Waals surface area contributed by atoms with E-state index in [1.165, 1.54) is 0 Å². The molecular formula is C15H21N3O6. The lowest BCUT2D eigenvalue weighted by molar-refractivity contribution is -0.139. The summed E-state index contributed by atoms with van der Waals surface area (Å²) < 4.78 is 0. The van der Waals surface area contributed by atoms with E-state index in [4.69, 9.17) is 32.5 Å². The highest BCUT2D eigenvalue weighted by atomic mass is 16.4. The maximum absolute atomic E-state index is 10.9. The fourth-order valence-electron chi connectivity index (χ4n) is 2.22. The molecule has 0 fully saturated rings. The normalized spacial score (nSPS) is 14.6. The molecule has 0 aliphatic carbocycles. The minimum atomic E-state index is -1.17. The van der Waals surface area contributed by atoms with Crippen molar-refractivity contribution in [1.82, 2.24) is 0 Å². The van der Waals surface area contributed by atoms with E-state index in [9.17, 15) is 14.4 Å². The second-order valence-corrected chi connectivity index (χ2v) is 5.60. The van der Waals surface area contributed by atoms with Crippen molar-refractivity contribution in [3.8, 4) is 0 Å². The van der Waals surface area contributed by atoms with E-state index in [1.54, 1.807) is 18.2 Å². The molecule has 0 unspecified atom stereocenters. The molecule has 0 aliphatic rings. The summed E-state index contributed by atoms with van der Waals surface area (Å²) in [6, 6.07) is 1.45. The molecule has 3 atom stereocenters. The number of benzene rings is 1. The molecule has 0 amide bonds. The lowest BCUT2D eigenvalue weighted by Crippen LogP contribution is -2.34. The number of carboxylic acids is 3. The molecule has 0 aromatic heterocycles. The van der Waals surface area contributed by atoms with Gasteiger partial charge in [0.1, 0.15) is 18.1 Å². The van der Waals surface area contributed by atoms with Crippen LogP contribution in [0.25, 0.3) is 0 Å². The van der Waals surface area contributed by atoms with Gasteiger partial charge in [-0.05, 0) is 36.0 Å². The Balaban J connectivity index is 3.10. The number of rotatable bonds is 9. The number of carboxylic acid groups (broad SMARTS) is 3. The van der Waals surface area contributed by atoms with E-state index >= 15 is 0 Å². The van der Waals surface area contributed by atoms with Gasteiger partial charge in [-0.2, -0.15) is 0 Å². The van der Waals surface area contributed by atoms with Crippen LogP contribution in [0.5, 0.6) is 0 Å². The van der Waals surface area contributed by atoms with Crippen LogP contribution in [0.1, 0.15) is 16.7 Å². The molecule has 0 aliphatic heterocycles. The molecule has 9 heteroatoms. The Morgan fingerprint density at radius 2 is 0.875 bits per heavy atom. The van der Waals surface area contributed by atoms with Crippen LogP contribution in [-0.4, -0.2) is 51.4 Å². The second kappa shape index (κ2) is 8.39. The largest absolute Gasteiger partial charge is 0.480 e. The fraction of sp³-hybridized carbons (Fsp3) is 0.400. The van der Waals surface area contributed by atoms with Crippen molar-refractivity contribution in [2.75, 3.05) is 0 Å². The third-order valence-electron chi connectivity index (χ3n) is 3.43. The SMILES string of the molecule is N[C@@H](Cc1cc(C[C@H](N)C(=O)O)cc(C[C@H](N)C(=O)O)c1)C(=O)O. The Bertz CT molecular complexity index is 536. The maximum atomic E-state index is 10.9. The number of carbonyl (C=O) groups is 3. The predicted octanol–water partition coefficient (Wildman–Crippen LogP) is -1.45. The molecular weight excluding hydrogens is 318 g/mol. The average Bonchev–Trinajstić information content (AvgIpc) is 2.46. The highest BCUT2D eigenvalue weighted by Crippen LogP contribution is 2.15. The van der Waals surface area contributed by atoms with Crippen LogP contribution in [0, 0.1) is 0 Å². The Morgan fingerprint density at radius 3 is 1.04 bits per heavy atom. The van der Waals surface area contributed by atoms with Gasteiger partial charge in [0.2, 0.25) is 0 Å². The van der Waals surface area contributed by atoms with Gasteiger partial charge >= 0.3 is 17.9 Å². The van der Waals surface area contributed by atoms with Crippen LogP contribution in [0.15, 0.2) is 18.2 Å². The Hall–Kier alpha value is -2.49. The van der Waals surface area contributed by atoms with E-state index in [1.807, 2.05) is 0 Å². The van der Waals surface area contributed by atoms with E-state index in [0.29, 0.717) is 16.7 Å². The van der Waals surface area contributed by atoms with Crippen molar-refractivity contribution in [1.29, 1.82) is 0 Å². The van der Waals surface area contributed by atoms with Gasteiger partial charge < -0.3 is 32.5 Å². The molecule has 9 N–H and O–H groups in total. The summed E-state index contributed by atoms with van der Waals surface area (Å²) in [5.74, 6) is -3.52. The Kier molecular flexibility index (Phi) is 6.83. The number of hydrogen-bond acceptors (Lipinski definition) is 6. The van der Waals surface area contributed by atoms with Gasteiger partial charge in [-0.3, -0.25) is 14.4 Å². The second-order valence-electron chi connectivity index (χ2n) is 5.60. The maximum Gasteiger partial charge on any atom is 0.320 e. The van der Waals surface area contributed by atoms with Crippen molar-refractivity contribution in [3.63, 3.8) is 0 Å². The zero-order chi connectivity index (χ0) is 18.4. The van der Waals surface area contributed by atoms with Gasteiger partial charge in [-0.15, -0.1) is 0 Å². The van der Waals surface area contributed by atoms with Gasteiger partial charge in [-0.1, -0.05) is 18.2 Å². The van der Waals surface area contributed by atoms with E-state index < -0.39 is 36.0 Å². The smallest absolute Gasteiger partial charge is 0.320 e. The van der Waals surface area contributed by atoms with Crippen LogP contribution in [-0.2, 0) is 33.6 Å². The Labute approximate surface area is 138 Å². The molecule has 0 bridgehead atoms. The third kappa shape index (κ3) is 5.95. The van der Waals surface area contributed by atoms with Crippen molar-refractivity contribution >= 4 is 17.9 Å². The van der Waals surface area contributed by atoms with E-state index in [-0.39, 0.29) is 19.3 Å². The van der Waals surface area contributed by atoms with Crippen LogP contribution in [0.2, 0.25) is 0 Å². The van der Waals surface area contributed by atoms with Crippen LogP contribution >= 0.6 is 0 Å². The molecule has 1 aromatic rings. The molecule has 0 saturated carbocycles. The lowest BCUT2D eigenvalue weighted by atomic mass is 9.94. The molecule has 0 radical (unpaired) electrons. The molecule has 24 heavy (non-hydrogen) atoms. The topological polar surface area (TPSA) is 190 Å². The van der Waals surface area contributed by atoms with Crippen LogP contribution in [0.4, 0.5) is 0 Å². The van der Waals surface area contributed by atoms with Crippen molar-refractivity contribution < 1.29 is 29.7 Å². The van der Waals surface area contributed by atoms with Crippen LogP contribution < -0.4 is 17.2 Å². The van der Waals surface area contributed by atoms with Gasteiger partial charge in [0.05, 0.1) is 0 Å². The minimum Gasteiger partial charge on any atom is -0.480 e. The van der Waals surface area contributed by atoms with E-state index in [2.05, 4.69) is 0 Å². The van der Waals surface area contributed by atoms with Gasteiger partial charge in [0, 0.05) is 0 Å². The zero-order valence-corrected chi connectivity index (χ0v) is 12.9. The first-order chi connectivity index (χ1) is 11.1. The summed E-state index contributed by atoms with van der Waals surface area (Å²) in [5, 5.41) is 26.7. The standard InChI is InChI=1S/C15H21N3O6/c16-10(13(19)20)4-7-1-8(5-11(17)14(21)22)3-9(2-7)6-12(18)15(23)24/h1-3,10-12H,4-6,16-18H2,(H,19,20)(H,21,22)(H,23,24)/t10-,11-,12-/m0/s1. The van der Waals surface area contributed by atoms with Gasteiger partial charge in [0.25, 0.3) is 0 Å². The van der Waals surface area contributed by atoms with E-state index in [0.717, 1.165) is 0 Å². The quantitative estimate of drug-likeness (QED) is 0.312. The fourth-order valence-corrected chi connectivity index (χ4v) is 2.22. The molecule has 132 valence electrons. The van der Waals surface area contributed by atoms with Crippen molar-refractivity contribution in [3.05, 3.63) is 34.9 Å². The van der Waals surface area contributed by atoms with Gasteiger partial charge in [-0.25, -0.2) is 0 Å². The molecule has 0 spiro atoms. The molecule has 1 aromatic carbocycles. The summed E-state index contributed by atoms with van der Waals surface area (Å²) in [5.41, 5.74) is 18.2. The van der Waals surface area contributed by atoms with Gasteiger partial charge in [0.15, 0.2) is 0 Å². The minimum absolute atomic E-state index is 0.0147. The monoisotopic (exact) mass is 339 g/mol. The molecule has 0 heterocycles. The van der Waals surface area contributed by atoms with Crippen molar-refractivity contribution in [2.45, 2.75) is 37.4 Å². The third-order valence-corrected chi connectivity index (χ3v) is 3.43. The Morgan fingerprint density at radius 1 is 0.667 bits per heavy atom. The molecule has 1 rings (SSSR count). The highest BCUT2D eigenvalue weighted by molar-refractivity contribution is 5.74. The first-order valence-corrected chi connectivity index (χ1v) is 7.17. The first-order valence-electron chi connectivity index (χ1n) is 7.17. The average molecular weight is 339 g/mol. The summed E-state index contributed by atoms with van der Waals surface area (Å²) in [4.78, 5) is 32.7. The number of aliphatic carboxylic acids is 3. The number of hydrogen-bond donors (Lipinski definition) is 6. The highest BCUT2D eigenvalue weighted by Gasteiger charge is 2.18. The molecule has 9 nitrogen and oxygen atoms in total. The van der Waals surface area contributed by atoms with Crippen molar-refractivity contribution in [2.24, 2.45) is 17.2 Å². The zero-order valence-electron chi connectivity index (χ0n) is 12.9. The summed E-state index contributed by atoms with van der Waals surface area (Å²) in [7, 11) is 0. The summed E-state index contributed by atoms with van der Waals surface area (Å²) in [6.45, 7) is 0. The summed E-state index contributed by atoms with van der Waals surface area (Å²) in [6.07, 6.45) is 0.0440. The lowest BCUT2D eigenvalue weighted by Gasteiger charge is -2.14. The predicted molar refractivity (Wildman–Crippen MR) is 84.4 cm³/mol. The molecule has 0 saturated heterocycles. The summed E-state index contributed by atoms with van der Waals surface area (Å²) >= 11 is 0.